The average Bonchev–Trinajstić information content (AvgIpc) is 3.68. The fourth-order valence-electron chi connectivity index (χ4n) is 5.04. The lowest BCUT2D eigenvalue weighted by Crippen LogP contribution is -2.53. The van der Waals surface area contributed by atoms with E-state index < -0.39 is 16.5 Å². The minimum absolute atomic E-state index is 0.0399. The van der Waals surface area contributed by atoms with Gasteiger partial charge in [-0.2, -0.15) is 0 Å². The third-order valence-electron chi connectivity index (χ3n) is 6.95. The zero-order valence-corrected chi connectivity index (χ0v) is 17.2. The van der Waals surface area contributed by atoms with Crippen LogP contribution in [0.25, 0.3) is 0 Å². The number of carbonyl (C=O) groups is 3. The highest BCUT2D eigenvalue weighted by molar-refractivity contribution is 6.09. The monoisotopic (exact) mass is 427 g/mol. The van der Waals surface area contributed by atoms with Crippen LogP contribution in [0.15, 0.2) is 24.3 Å². The zero-order chi connectivity index (χ0) is 21.8. The Bertz CT molecular complexity index is 937. The first-order chi connectivity index (χ1) is 14.9. The number of amides is 4. The molecular formula is C21H25N5O5. The normalized spacial score (nSPS) is 23.2. The molecule has 31 heavy (non-hydrogen) atoms. The highest BCUT2D eigenvalue weighted by Crippen LogP contribution is 2.54. The van der Waals surface area contributed by atoms with Gasteiger partial charge in [-0.15, -0.1) is 0 Å². The van der Waals surface area contributed by atoms with Gasteiger partial charge in [-0.25, -0.2) is 4.79 Å². The Labute approximate surface area is 179 Å². The number of benzene rings is 1. The number of imide groups is 1. The van der Waals surface area contributed by atoms with E-state index >= 15 is 0 Å². The minimum atomic E-state index is -0.789. The van der Waals surface area contributed by atoms with Gasteiger partial charge in [-0.3, -0.25) is 24.6 Å². The SMILES string of the molecule is O=C(CN1C(=O)NC(C2CC2)(C2CC2)C1=O)N1CCN(c2ccccc2[N+](=O)[O-])CC1. The molecule has 10 heteroatoms. The Morgan fingerprint density at radius 3 is 2.26 bits per heavy atom. The van der Waals surface area contributed by atoms with E-state index in [4.69, 9.17) is 0 Å². The zero-order valence-electron chi connectivity index (χ0n) is 17.2. The predicted octanol–water partition coefficient (Wildman–Crippen LogP) is 1.35. The fourth-order valence-corrected chi connectivity index (χ4v) is 5.04. The number of carbonyl (C=O) groups excluding carboxylic acids is 3. The first-order valence-corrected chi connectivity index (χ1v) is 10.8. The molecule has 1 N–H and O–H groups in total. The van der Waals surface area contributed by atoms with Crippen LogP contribution in [0.1, 0.15) is 25.7 Å². The van der Waals surface area contributed by atoms with Crippen molar-refractivity contribution in [2.45, 2.75) is 31.2 Å². The predicted molar refractivity (Wildman–Crippen MR) is 110 cm³/mol. The van der Waals surface area contributed by atoms with Crippen LogP contribution < -0.4 is 10.2 Å². The summed E-state index contributed by atoms with van der Waals surface area (Å²) in [5.41, 5.74) is -0.215. The number of urea groups is 1. The molecule has 1 aromatic carbocycles. The van der Waals surface area contributed by atoms with Crippen LogP contribution in [0.5, 0.6) is 0 Å². The second-order valence-corrected chi connectivity index (χ2v) is 8.85. The van der Waals surface area contributed by atoms with Crippen molar-refractivity contribution in [2.24, 2.45) is 11.8 Å². The average molecular weight is 427 g/mol. The van der Waals surface area contributed by atoms with E-state index in [1.54, 1.807) is 23.1 Å². The molecule has 0 unspecified atom stereocenters. The number of anilines is 1. The molecule has 2 aliphatic heterocycles. The summed E-state index contributed by atoms with van der Waals surface area (Å²) in [4.78, 5) is 54.1. The van der Waals surface area contributed by atoms with Gasteiger partial charge in [0, 0.05) is 32.2 Å². The summed E-state index contributed by atoms with van der Waals surface area (Å²) in [5.74, 6) is -0.119. The molecule has 0 radical (unpaired) electrons. The van der Waals surface area contributed by atoms with Crippen molar-refractivity contribution in [3.63, 3.8) is 0 Å². The van der Waals surface area contributed by atoms with Crippen molar-refractivity contribution in [1.29, 1.82) is 0 Å². The quantitative estimate of drug-likeness (QED) is 0.416. The van der Waals surface area contributed by atoms with Crippen molar-refractivity contribution in [3.05, 3.63) is 34.4 Å². The van der Waals surface area contributed by atoms with Crippen molar-refractivity contribution < 1.29 is 19.3 Å². The van der Waals surface area contributed by atoms with Gasteiger partial charge in [0.2, 0.25) is 5.91 Å². The molecule has 0 bridgehead atoms. The molecule has 164 valence electrons. The second kappa shape index (κ2) is 7.21. The van der Waals surface area contributed by atoms with Crippen molar-refractivity contribution in [1.82, 2.24) is 15.1 Å². The number of para-hydroxylation sites is 2. The molecule has 2 saturated heterocycles. The van der Waals surface area contributed by atoms with Crippen molar-refractivity contribution in [2.75, 3.05) is 37.6 Å². The maximum absolute atomic E-state index is 13.2. The van der Waals surface area contributed by atoms with Crippen LogP contribution >= 0.6 is 0 Å². The van der Waals surface area contributed by atoms with Gasteiger partial charge in [0.1, 0.15) is 17.8 Å². The minimum Gasteiger partial charge on any atom is -0.362 e. The molecule has 1 aromatic rings. The van der Waals surface area contributed by atoms with Gasteiger partial charge in [-0.1, -0.05) is 12.1 Å². The lowest BCUT2D eigenvalue weighted by molar-refractivity contribution is -0.384. The summed E-state index contributed by atoms with van der Waals surface area (Å²) >= 11 is 0. The third-order valence-corrected chi connectivity index (χ3v) is 6.95. The van der Waals surface area contributed by atoms with E-state index in [-0.39, 0.29) is 35.9 Å². The van der Waals surface area contributed by atoms with E-state index in [0.29, 0.717) is 31.9 Å². The number of piperazine rings is 1. The molecule has 4 aliphatic rings. The van der Waals surface area contributed by atoms with E-state index in [9.17, 15) is 24.5 Å². The number of nitrogens with one attached hydrogen (secondary N) is 1. The molecule has 2 aliphatic carbocycles. The number of hydrogen-bond acceptors (Lipinski definition) is 6. The van der Waals surface area contributed by atoms with Crippen LogP contribution in [-0.2, 0) is 9.59 Å². The number of nitro benzene ring substituents is 1. The Morgan fingerprint density at radius 2 is 1.68 bits per heavy atom. The molecule has 10 nitrogen and oxygen atoms in total. The Balaban J connectivity index is 1.22. The van der Waals surface area contributed by atoms with Crippen LogP contribution in [0.4, 0.5) is 16.2 Å². The maximum atomic E-state index is 13.2. The molecular weight excluding hydrogens is 402 g/mol. The van der Waals surface area contributed by atoms with Crippen LogP contribution in [0.3, 0.4) is 0 Å². The highest BCUT2D eigenvalue weighted by Gasteiger charge is 2.65. The number of nitro groups is 1. The molecule has 2 heterocycles. The van der Waals surface area contributed by atoms with Gasteiger partial charge in [0.05, 0.1) is 4.92 Å². The molecule has 4 amide bonds. The van der Waals surface area contributed by atoms with Gasteiger partial charge >= 0.3 is 6.03 Å². The molecule has 0 spiro atoms. The van der Waals surface area contributed by atoms with E-state index in [1.807, 2.05) is 4.90 Å². The molecule has 4 fully saturated rings. The maximum Gasteiger partial charge on any atom is 0.325 e. The molecule has 2 saturated carbocycles. The fraction of sp³-hybridized carbons (Fsp3) is 0.571. The largest absolute Gasteiger partial charge is 0.362 e. The van der Waals surface area contributed by atoms with E-state index in [1.165, 1.54) is 6.07 Å². The first kappa shape index (κ1) is 19.8. The molecule has 0 aromatic heterocycles. The summed E-state index contributed by atoms with van der Waals surface area (Å²) < 4.78 is 0. The number of rotatable bonds is 6. The summed E-state index contributed by atoms with van der Waals surface area (Å²) in [7, 11) is 0. The lowest BCUT2D eigenvalue weighted by atomic mass is 9.87. The van der Waals surface area contributed by atoms with E-state index in [2.05, 4.69) is 5.32 Å². The van der Waals surface area contributed by atoms with Gasteiger partial charge in [0.25, 0.3) is 11.6 Å². The Hall–Kier alpha value is -3.17. The number of nitrogens with zero attached hydrogens (tertiary/aromatic N) is 4. The Morgan fingerprint density at radius 1 is 1.06 bits per heavy atom. The Kier molecular flexibility index (Phi) is 4.60. The number of hydrogen-bond donors (Lipinski definition) is 1. The third kappa shape index (κ3) is 3.30. The standard InChI is InChI=1S/C21H25N5O5/c27-18(13-25-19(28)21(14-5-6-14,15-7-8-15)22-20(25)29)24-11-9-23(10-12-24)16-3-1-2-4-17(16)26(30)31/h1-4,14-15H,5-13H2,(H,22,29). The summed E-state index contributed by atoms with van der Waals surface area (Å²) in [6.45, 7) is 1.41. The summed E-state index contributed by atoms with van der Waals surface area (Å²) in [6.07, 6.45) is 3.77. The lowest BCUT2D eigenvalue weighted by Gasteiger charge is -2.36. The smallest absolute Gasteiger partial charge is 0.325 e. The second-order valence-electron chi connectivity index (χ2n) is 8.85. The van der Waals surface area contributed by atoms with Gasteiger partial charge in [0.15, 0.2) is 0 Å². The summed E-state index contributed by atoms with van der Waals surface area (Å²) in [5, 5.41) is 14.2. The van der Waals surface area contributed by atoms with Gasteiger partial charge in [-0.05, 0) is 43.6 Å². The van der Waals surface area contributed by atoms with Crippen molar-refractivity contribution >= 4 is 29.2 Å². The summed E-state index contributed by atoms with van der Waals surface area (Å²) in [6, 6.07) is 6.09. The van der Waals surface area contributed by atoms with Crippen LogP contribution in [0.2, 0.25) is 0 Å². The first-order valence-electron chi connectivity index (χ1n) is 10.8. The van der Waals surface area contributed by atoms with E-state index in [0.717, 1.165) is 30.6 Å². The highest BCUT2D eigenvalue weighted by atomic mass is 16.6. The molecule has 5 rings (SSSR count). The van der Waals surface area contributed by atoms with Gasteiger partial charge < -0.3 is 15.1 Å². The topological polar surface area (TPSA) is 116 Å². The van der Waals surface area contributed by atoms with Crippen LogP contribution in [-0.4, -0.2) is 70.8 Å². The van der Waals surface area contributed by atoms with Crippen molar-refractivity contribution in [3.8, 4) is 0 Å². The molecule has 0 atom stereocenters. The van der Waals surface area contributed by atoms with Crippen LogP contribution in [0, 0.1) is 22.0 Å².